The fraction of sp³-hybridized carbons (Fsp3) is 0.353. The van der Waals surface area contributed by atoms with Crippen molar-refractivity contribution in [3.8, 4) is 11.5 Å². The molecule has 21 heavy (non-hydrogen) atoms. The Kier molecular flexibility index (Phi) is 3.04. The summed E-state index contributed by atoms with van der Waals surface area (Å²) in [5, 5.41) is 0. The number of aryl methyl sites for hydroxylation is 1. The van der Waals surface area contributed by atoms with E-state index in [0.717, 1.165) is 35.6 Å². The third-order valence-corrected chi connectivity index (χ3v) is 4.39. The van der Waals surface area contributed by atoms with Crippen molar-refractivity contribution in [2.45, 2.75) is 24.8 Å². The molecule has 0 fully saturated rings. The molecule has 1 aliphatic heterocycles. The van der Waals surface area contributed by atoms with Gasteiger partial charge in [-0.1, -0.05) is 12.1 Å². The Bertz CT molecular complexity index is 672. The quantitative estimate of drug-likeness (QED) is 0.919. The van der Waals surface area contributed by atoms with Gasteiger partial charge >= 0.3 is 0 Å². The predicted molar refractivity (Wildman–Crippen MR) is 79.7 cm³/mol. The summed E-state index contributed by atoms with van der Waals surface area (Å²) in [6, 6.07) is 10.1. The predicted octanol–water partition coefficient (Wildman–Crippen LogP) is 2.58. The maximum atomic E-state index is 6.51. The number of benzene rings is 1. The highest BCUT2D eigenvalue weighted by molar-refractivity contribution is 5.45. The highest BCUT2D eigenvalue weighted by Crippen LogP contribution is 2.41. The number of aromatic nitrogens is 1. The van der Waals surface area contributed by atoms with Gasteiger partial charge in [0.05, 0.1) is 0 Å². The Labute approximate surface area is 123 Å². The average molecular weight is 282 g/mol. The zero-order chi connectivity index (χ0) is 14.2. The number of nitrogens with two attached hydrogens (primary N) is 1. The summed E-state index contributed by atoms with van der Waals surface area (Å²) in [4.78, 5) is 4.54. The van der Waals surface area contributed by atoms with Crippen LogP contribution in [0.1, 0.15) is 35.2 Å². The Morgan fingerprint density at radius 1 is 1.14 bits per heavy atom. The van der Waals surface area contributed by atoms with Gasteiger partial charge in [0.15, 0.2) is 11.5 Å². The van der Waals surface area contributed by atoms with Crippen LogP contribution < -0.4 is 15.2 Å². The molecule has 2 atom stereocenters. The third-order valence-electron chi connectivity index (χ3n) is 4.39. The van der Waals surface area contributed by atoms with Crippen LogP contribution in [0.2, 0.25) is 0 Å². The van der Waals surface area contributed by atoms with Gasteiger partial charge in [0, 0.05) is 23.9 Å². The van der Waals surface area contributed by atoms with Crippen LogP contribution in [0, 0.1) is 0 Å². The minimum atomic E-state index is -0.0584. The second kappa shape index (κ2) is 5.04. The lowest BCUT2D eigenvalue weighted by Crippen LogP contribution is -2.20. The van der Waals surface area contributed by atoms with Gasteiger partial charge in [-0.05, 0) is 42.2 Å². The van der Waals surface area contributed by atoms with Gasteiger partial charge in [-0.2, -0.15) is 0 Å². The average Bonchev–Trinajstić information content (AvgIpc) is 2.98. The molecule has 108 valence electrons. The number of pyridine rings is 1. The van der Waals surface area contributed by atoms with Crippen molar-refractivity contribution in [3.63, 3.8) is 0 Å². The number of nitrogens with zero attached hydrogens (tertiary/aromatic N) is 1. The molecular formula is C17H18N2O2. The number of rotatable bonds is 2. The highest BCUT2D eigenvalue weighted by Gasteiger charge is 2.30. The maximum Gasteiger partial charge on any atom is 0.161 e. The van der Waals surface area contributed by atoms with Gasteiger partial charge in [-0.15, -0.1) is 0 Å². The number of hydrogen-bond acceptors (Lipinski definition) is 4. The Morgan fingerprint density at radius 3 is 2.90 bits per heavy atom. The SMILES string of the molecule is NC(c1ccc2c(c1)OCCO2)C1CCc2cccnc21. The molecule has 4 rings (SSSR count). The number of ether oxygens (including phenoxy) is 2. The van der Waals surface area contributed by atoms with Crippen molar-refractivity contribution >= 4 is 0 Å². The zero-order valence-corrected chi connectivity index (χ0v) is 11.8. The molecule has 0 saturated heterocycles. The molecule has 0 bridgehead atoms. The van der Waals surface area contributed by atoms with E-state index in [1.54, 1.807) is 0 Å². The summed E-state index contributed by atoms with van der Waals surface area (Å²) in [5.41, 5.74) is 10.1. The van der Waals surface area contributed by atoms with E-state index in [1.165, 1.54) is 5.56 Å². The molecule has 0 spiro atoms. The van der Waals surface area contributed by atoms with Gasteiger partial charge in [0.25, 0.3) is 0 Å². The lowest BCUT2D eigenvalue weighted by Gasteiger charge is -2.23. The van der Waals surface area contributed by atoms with Crippen molar-refractivity contribution in [1.29, 1.82) is 0 Å². The maximum absolute atomic E-state index is 6.51. The van der Waals surface area contributed by atoms with Gasteiger partial charge in [0.1, 0.15) is 13.2 Å². The summed E-state index contributed by atoms with van der Waals surface area (Å²) in [7, 11) is 0. The van der Waals surface area contributed by atoms with Crippen molar-refractivity contribution in [2.24, 2.45) is 5.73 Å². The molecule has 2 N–H and O–H groups in total. The smallest absolute Gasteiger partial charge is 0.161 e. The number of hydrogen-bond donors (Lipinski definition) is 1. The Hall–Kier alpha value is -2.07. The van der Waals surface area contributed by atoms with Crippen molar-refractivity contribution in [3.05, 3.63) is 53.3 Å². The second-order valence-electron chi connectivity index (χ2n) is 5.62. The van der Waals surface area contributed by atoms with E-state index in [9.17, 15) is 0 Å². The molecule has 0 radical (unpaired) electrons. The van der Waals surface area contributed by atoms with E-state index >= 15 is 0 Å². The minimum Gasteiger partial charge on any atom is -0.486 e. The minimum absolute atomic E-state index is 0.0584. The molecule has 2 heterocycles. The number of fused-ring (bicyclic) bond motifs is 2. The molecule has 1 aliphatic carbocycles. The summed E-state index contributed by atoms with van der Waals surface area (Å²) >= 11 is 0. The largest absolute Gasteiger partial charge is 0.486 e. The first-order valence-corrected chi connectivity index (χ1v) is 7.42. The fourth-order valence-corrected chi connectivity index (χ4v) is 3.29. The molecule has 1 aromatic carbocycles. The molecule has 0 saturated carbocycles. The molecule has 4 nitrogen and oxygen atoms in total. The normalized spacial score (nSPS) is 20.9. The van der Waals surface area contributed by atoms with Crippen LogP contribution in [0.25, 0.3) is 0 Å². The van der Waals surface area contributed by atoms with Crippen LogP contribution in [0.4, 0.5) is 0 Å². The highest BCUT2D eigenvalue weighted by atomic mass is 16.6. The molecule has 2 aromatic rings. The molecule has 2 aliphatic rings. The Balaban J connectivity index is 1.65. The molecule has 2 unspecified atom stereocenters. The van der Waals surface area contributed by atoms with E-state index in [2.05, 4.69) is 11.1 Å². The van der Waals surface area contributed by atoms with Crippen molar-refractivity contribution in [1.82, 2.24) is 4.98 Å². The van der Waals surface area contributed by atoms with Gasteiger partial charge < -0.3 is 15.2 Å². The fourth-order valence-electron chi connectivity index (χ4n) is 3.29. The van der Waals surface area contributed by atoms with Crippen molar-refractivity contribution in [2.75, 3.05) is 13.2 Å². The van der Waals surface area contributed by atoms with Crippen LogP contribution in [0.5, 0.6) is 11.5 Å². The standard InChI is InChI=1S/C17H18N2O2/c18-16(13-5-3-11-2-1-7-19-17(11)13)12-4-6-14-15(10-12)21-9-8-20-14/h1-2,4,6-7,10,13,16H,3,5,8-9,18H2. The summed E-state index contributed by atoms with van der Waals surface area (Å²) < 4.78 is 11.2. The van der Waals surface area contributed by atoms with Gasteiger partial charge in [-0.3, -0.25) is 4.98 Å². The first kappa shape index (κ1) is 12.7. The first-order chi connectivity index (χ1) is 10.3. The van der Waals surface area contributed by atoms with Crippen LogP contribution in [0.15, 0.2) is 36.5 Å². The van der Waals surface area contributed by atoms with E-state index in [0.29, 0.717) is 13.2 Å². The summed E-state index contributed by atoms with van der Waals surface area (Å²) in [5.74, 6) is 1.89. The lowest BCUT2D eigenvalue weighted by molar-refractivity contribution is 0.171. The van der Waals surface area contributed by atoms with E-state index in [1.807, 2.05) is 30.5 Å². The van der Waals surface area contributed by atoms with Crippen LogP contribution in [0.3, 0.4) is 0 Å². The van der Waals surface area contributed by atoms with Crippen LogP contribution in [-0.4, -0.2) is 18.2 Å². The third kappa shape index (κ3) is 2.16. The summed E-state index contributed by atoms with van der Waals surface area (Å²) in [6.45, 7) is 1.21. The van der Waals surface area contributed by atoms with E-state index in [-0.39, 0.29) is 12.0 Å². The van der Waals surface area contributed by atoms with Gasteiger partial charge in [-0.25, -0.2) is 0 Å². The molecule has 1 aromatic heterocycles. The molecular weight excluding hydrogens is 264 g/mol. The molecule has 4 heteroatoms. The monoisotopic (exact) mass is 282 g/mol. The first-order valence-electron chi connectivity index (χ1n) is 7.42. The zero-order valence-electron chi connectivity index (χ0n) is 11.8. The topological polar surface area (TPSA) is 57.4 Å². The van der Waals surface area contributed by atoms with Crippen molar-refractivity contribution < 1.29 is 9.47 Å². The molecule has 0 amide bonds. The summed E-state index contributed by atoms with van der Waals surface area (Å²) in [6.07, 6.45) is 3.97. The van der Waals surface area contributed by atoms with E-state index in [4.69, 9.17) is 15.2 Å². The lowest BCUT2D eigenvalue weighted by atomic mass is 9.91. The van der Waals surface area contributed by atoms with Gasteiger partial charge in [0.2, 0.25) is 0 Å². The van der Waals surface area contributed by atoms with Crippen LogP contribution >= 0.6 is 0 Å². The van der Waals surface area contributed by atoms with Crippen LogP contribution in [-0.2, 0) is 6.42 Å². The second-order valence-corrected chi connectivity index (χ2v) is 5.62. The van der Waals surface area contributed by atoms with E-state index < -0.39 is 0 Å². The Morgan fingerprint density at radius 2 is 2.00 bits per heavy atom.